The Kier molecular flexibility index (Phi) is 4.52. The smallest absolute Gasteiger partial charge is 0.246 e. The van der Waals surface area contributed by atoms with Gasteiger partial charge in [-0.3, -0.25) is 4.79 Å². The molecule has 1 saturated carbocycles. The van der Waals surface area contributed by atoms with Crippen molar-refractivity contribution in [3.8, 4) is 0 Å². The van der Waals surface area contributed by atoms with Gasteiger partial charge in [0.1, 0.15) is 12.7 Å². The van der Waals surface area contributed by atoms with Crippen LogP contribution in [-0.2, 0) is 9.53 Å². The predicted octanol–water partition coefficient (Wildman–Crippen LogP) is 0.0269. The molecule has 0 aliphatic heterocycles. The van der Waals surface area contributed by atoms with Crippen molar-refractivity contribution in [2.45, 2.75) is 30.6 Å². The molecule has 2 rings (SSSR count). The summed E-state index contributed by atoms with van der Waals surface area (Å²) < 4.78 is 4.76. The Balaban J connectivity index is 2.14. The summed E-state index contributed by atoms with van der Waals surface area (Å²) in [4.78, 5) is 11.6. The topological polar surface area (TPSA) is 78.8 Å². The fourth-order valence-corrected chi connectivity index (χ4v) is 2.61. The molecule has 0 bridgehead atoms. The highest BCUT2D eigenvalue weighted by Gasteiger charge is 2.42. The van der Waals surface area contributed by atoms with Gasteiger partial charge < -0.3 is 20.3 Å². The molecule has 1 fully saturated rings. The van der Waals surface area contributed by atoms with E-state index in [1.807, 2.05) is 30.3 Å². The molecule has 1 aromatic rings. The second-order valence-corrected chi connectivity index (χ2v) is 4.84. The zero-order valence-electron chi connectivity index (χ0n) is 10.8. The molecule has 1 amide bonds. The predicted molar refractivity (Wildman–Crippen MR) is 69.6 cm³/mol. The zero-order valence-corrected chi connectivity index (χ0v) is 10.8. The monoisotopic (exact) mass is 265 g/mol. The molecular weight excluding hydrogens is 246 g/mol. The van der Waals surface area contributed by atoms with Gasteiger partial charge in [0.15, 0.2) is 0 Å². The summed E-state index contributed by atoms with van der Waals surface area (Å²) in [6, 6.07) is 9.10. The Morgan fingerprint density at radius 3 is 2.68 bits per heavy atom. The van der Waals surface area contributed by atoms with Crippen LogP contribution in [0.15, 0.2) is 30.3 Å². The van der Waals surface area contributed by atoms with Crippen molar-refractivity contribution in [3.05, 3.63) is 35.9 Å². The van der Waals surface area contributed by atoms with E-state index in [9.17, 15) is 15.0 Å². The third-order valence-electron chi connectivity index (χ3n) is 3.52. The number of hydrogen-bond donors (Lipinski definition) is 3. The summed E-state index contributed by atoms with van der Waals surface area (Å²) in [6.07, 6.45) is -1.34. The van der Waals surface area contributed by atoms with Gasteiger partial charge in [-0.2, -0.15) is 0 Å². The number of nitrogens with one attached hydrogen (secondary N) is 1. The number of ether oxygens (including phenoxy) is 1. The van der Waals surface area contributed by atoms with Crippen LogP contribution in [0.3, 0.4) is 0 Å². The van der Waals surface area contributed by atoms with Crippen molar-refractivity contribution >= 4 is 5.91 Å². The van der Waals surface area contributed by atoms with E-state index >= 15 is 0 Å². The van der Waals surface area contributed by atoms with Gasteiger partial charge in [0, 0.05) is 13.0 Å². The van der Waals surface area contributed by atoms with Gasteiger partial charge in [0.2, 0.25) is 5.91 Å². The number of carbonyl (C=O) groups is 1. The molecule has 1 aliphatic carbocycles. The van der Waals surface area contributed by atoms with Crippen molar-refractivity contribution in [2.24, 2.45) is 0 Å². The molecule has 4 atom stereocenters. The molecule has 3 N–H and O–H groups in total. The number of aliphatic hydroxyl groups excluding tert-OH is 2. The van der Waals surface area contributed by atoms with Crippen LogP contribution in [0.5, 0.6) is 0 Å². The second kappa shape index (κ2) is 6.14. The Hall–Kier alpha value is -1.43. The second-order valence-electron chi connectivity index (χ2n) is 4.84. The molecule has 19 heavy (non-hydrogen) atoms. The maximum atomic E-state index is 11.6. The minimum Gasteiger partial charge on any atom is -0.390 e. The molecule has 1 aromatic carbocycles. The maximum absolute atomic E-state index is 11.6. The standard InChI is InChI=1S/C14H19NO4/c1-19-8-12(17)15-13-10(7-11(16)14(13)18)9-5-3-2-4-6-9/h2-6,10-11,13-14,16,18H,7-8H2,1H3,(H,15,17). The van der Waals surface area contributed by atoms with E-state index < -0.39 is 18.2 Å². The largest absolute Gasteiger partial charge is 0.390 e. The Morgan fingerprint density at radius 2 is 2.05 bits per heavy atom. The van der Waals surface area contributed by atoms with Gasteiger partial charge in [-0.15, -0.1) is 0 Å². The van der Waals surface area contributed by atoms with Crippen LogP contribution in [0.25, 0.3) is 0 Å². The first-order valence-corrected chi connectivity index (χ1v) is 6.33. The van der Waals surface area contributed by atoms with Crippen LogP contribution in [0.1, 0.15) is 17.9 Å². The molecule has 0 heterocycles. The van der Waals surface area contributed by atoms with E-state index in [0.717, 1.165) is 5.56 Å². The van der Waals surface area contributed by atoms with E-state index in [1.54, 1.807) is 0 Å². The lowest BCUT2D eigenvalue weighted by Crippen LogP contribution is -2.46. The number of benzene rings is 1. The summed E-state index contributed by atoms with van der Waals surface area (Å²) in [7, 11) is 1.44. The average Bonchev–Trinajstić information content (AvgIpc) is 2.68. The number of rotatable bonds is 4. The van der Waals surface area contributed by atoms with Crippen LogP contribution >= 0.6 is 0 Å². The number of hydrogen-bond acceptors (Lipinski definition) is 4. The highest BCUT2D eigenvalue weighted by Crippen LogP contribution is 2.35. The van der Waals surface area contributed by atoms with E-state index in [-0.39, 0.29) is 18.4 Å². The van der Waals surface area contributed by atoms with Crippen LogP contribution in [0.2, 0.25) is 0 Å². The van der Waals surface area contributed by atoms with E-state index in [0.29, 0.717) is 6.42 Å². The number of aliphatic hydroxyl groups is 2. The van der Waals surface area contributed by atoms with Crippen molar-refractivity contribution < 1.29 is 19.7 Å². The number of methoxy groups -OCH3 is 1. The van der Waals surface area contributed by atoms with Crippen molar-refractivity contribution in [3.63, 3.8) is 0 Å². The van der Waals surface area contributed by atoms with Crippen molar-refractivity contribution in [2.75, 3.05) is 13.7 Å². The SMILES string of the molecule is COCC(=O)NC1C(c2ccccc2)CC(O)C1O. The normalized spacial score (nSPS) is 30.3. The lowest BCUT2D eigenvalue weighted by molar-refractivity contribution is -0.126. The lowest BCUT2D eigenvalue weighted by atomic mass is 9.93. The molecule has 5 heteroatoms. The van der Waals surface area contributed by atoms with Crippen LogP contribution < -0.4 is 5.32 Å². The van der Waals surface area contributed by atoms with Gasteiger partial charge in [-0.05, 0) is 12.0 Å². The van der Waals surface area contributed by atoms with Gasteiger partial charge in [-0.1, -0.05) is 30.3 Å². The molecular formula is C14H19NO4. The molecule has 0 spiro atoms. The number of amides is 1. The Bertz CT molecular complexity index is 423. The maximum Gasteiger partial charge on any atom is 0.246 e. The minimum atomic E-state index is -0.953. The molecule has 0 saturated heterocycles. The molecule has 4 unspecified atom stereocenters. The third-order valence-corrected chi connectivity index (χ3v) is 3.52. The first kappa shape index (κ1) is 14.0. The van der Waals surface area contributed by atoms with Gasteiger partial charge >= 0.3 is 0 Å². The molecule has 0 radical (unpaired) electrons. The molecule has 104 valence electrons. The summed E-state index contributed by atoms with van der Waals surface area (Å²) >= 11 is 0. The van der Waals surface area contributed by atoms with E-state index in [1.165, 1.54) is 7.11 Å². The number of carbonyl (C=O) groups excluding carboxylic acids is 1. The van der Waals surface area contributed by atoms with E-state index in [4.69, 9.17) is 4.74 Å². The van der Waals surface area contributed by atoms with Crippen molar-refractivity contribution in [1.29, 1.82) is 0 Å². The Morgan fingerprint density at radius 1 is 1.37 bits per heavy atom. The third kappa shape index (κ3) is 3.12. The van der Waals surface area contributed by atoms with Crippen LogP contribution in [-0.4, -0.2) is 48.1 Å². The molecule has 0 aromatic heterocycles. The highest BCUT2D eigenvalue weighted by atomic mass is 16.5. The minimum absolute atomic E-state index is 0.0547. The van der Waals surface area contributed by atoms with E-state index in [2.05, 4.69) is 5.32 Å². The van der Waals surface area contributed by atoms with Crippen LogP contribution in [0, 0.1) is 0 Å². The summed E-state index contributed by atoms with van der Waals surface area (Å²) in [5.74, 6) is -0.381. The van der Waals surface area contributed by atoms with Crippen LogP contribution in [0.4, 0.5) is 0 Å². The van der Waals surface area contributed by atoms with Gasteiger partial charge in [0.05, 0.1) is 12.1 Å². The summed E-state index contributed by atoms with van der Waals surface area (Å²) in [6.45, 7) is -0.0547. The zero-order chi connectivity index (χ0) is 13.8. The highest BCUT2D eigenvalue weighted by molar-refractivity contribution is 5.77. The first-order chi connectivity index (χ1) is 9.13. The van der Waals surface area contributed by atoms with Crippen molar-refractivity contribution in [1.82, 2.24) is 5.32 Å². The average molecular weight is 265 g/mol. The first-order valence-electron chi connectivity index (χ1n) is 6.33. The Labute approximate surface area is 112 Å². The van der Waals surface area contributed by atoms with Gasteiger partial charge in [0.25, 0.3) is 0 Å². The fraction of sp³-hybridized carbons (Fsp3) is 0.500. The lowest BCUT2D eigenvalue weighted by Gasteiger charge is -2.23. The summed E-state index contributed by atoms with van der Waals surface area (Å²) in [5, 5.41) is 22.5. The quantitative estimate of drug-likeness (QED) is 0.717. The fourth-order valence-electron chi connectivity index (χ4n) is 2.61. The summed E-state index contributed by atoms with van der Waals surface area (Å²) in [5.41, 5.74) is 1.00. The molecule has 1 aliphatic rings. The van der Waals surface area contributed by atoms with Gasteiger partial charge in [-0.25, -0.2) is 0 Å². The molecule has 5 nitrogen and oxygen atoms in total.